The second kappa shape index (κ2) is 7.99. The molecule has 30 heavy (non-hydrogen) atoms. The maximum atomic E-state index is 14.1. The zero-order valence-corrected chi connectivity index (χ0v) is 17.1. The van der Waals surface area contributed by atoms with Crippen LogP contribution >= 0.6 is 0 Å². The molecule has 0 saturated heterocycles. The Labute approximate surface area is 174 Å². The lowest BCUT2D eigenvalue weighted by atomic mass is 10.1. The number of benzene rings is 1. The van der Waals surface area contributed by atoms with Gasteiger partial charge in [-0.2, -0.15) is 0 Å². The molecule has 6 heteroatoms. The van der Waals surface area contributed by atoms with Crippen LogP contribution in [0.2, 0.25) is 0 Å². The fourth-order valence-corrected chi connectivity index (χ4v) is 3.45. The van der Waals surface area contributed by atoms with Crippen LogP contribution in [0.4, 0.5) is 4.39 Å². The van der Waals surface area contributed by atoms with Crippen LogP contribution in [0.3, 0.4) is 0 Å². The van der Waals surface area contributed by atoms with E-state index < -0.39 is 5.82 Å². The third kappa shape index (κ3) is 3.52. The van der Waals surface area contributed by atoms with Crippen LogP contribution < -0.4 is 5.32 Å². The van der Waals surface area contributed by atoms with Crippen molar-refractivity contribution in [3.63, 3.8) is 0 Å². The number of carbonyl (C=O) groups excluding carboxylic acids is 1. The van der Waals surface area contributed by atoms with Gasteiger partial charge in [-0.1, -0.05) is 6.08 Å². The smallest absolute Gasteiger partial charge is 0.256 e. The second-order valence-electron chi connectivity index (χ2n) is 7.46. The molecule has 3 aromatic rings. The Hall–Kier alpha value is -3.67. The van der Waals surface area contributed by atoms with Gasteiger partial charge in [-0.05, 0) is 55.8 Å². The van der Waals surface area contributed by atoms with Crippen molar-refractivity contribution in [2.75, 3.05) is 7.05 Å². The predicted molar refractivity (Wildman–Crippen MR) is 118 cm³/mol. The number of nitrogens with one attached hydrogen (secondary N) is 1. The van der Waals surface area contributed by atoms with Crippen molar-refractivity contribution in [1.82, 2.24) is 19.8 Å². The van der Waals surface area contributed by atoms with E-state index in [1.54, 1.807) is 30.4 Å². The lowest BCUT2D eigenvalue weighted by Crippen LogP contribution is -2.33. The molecule has 152 valence electrons. The summed E-state index contributed by atoms with van der Waals surface area (Å²) in [5.41, 5.74) is 3.78. The number of fused-ring (bicyclic) bond motifs is 1. The number of hydrogen-bond donors (Lipinski definition) is 1. The molecule has 0 fully saturated rings. The summed E-state index contributed by atoms with van der Waals surface area (Å²) < 4.78 is 16.0. The number of halogens is 1. The number of carbonyl (C=O) groups is 1. The molecule has 0 radical (unpaired) electrons. The summed E-state index contributed by atoms with van der Waals surface area (Å²) in [4.78, 5) is 19.0. The lowest BCUT2D eigenvalue weighted by molar-refractivity contribution is 0.0754. The van der Waals surface area contributed by atoms with Crippen molar-refractivity contribution in [1.29, 1.82) is 0 Å². The van der Waals surface area contributed by atoms with Crippen molar-refractivity contribution < 1.29 is 9.18 Å². The number of pyridine rings is 1. The SMILES string of the molecule is CC(C)N(C)C(=O)c1cc(F)ccc1-n1cc(C2=CC=CNC=C2)c2ccncc21. The highest BCUT2D eigenvalue weighted by molar-refractivity contribution is 6.00. The molecular weight excluding hydrogens is 379 g/mol. The van der Waals surface area contributed by atoms with E-state index in [1.165, 1.54) is 12.1 Å². The van der Waals surface area contributed by atoms with Gasteiger partial charge in [0.25, 0.3) is 5.91 Å². The van der Waals surface area contributed by atoms with Crippen LogP contribution in [0.25, 0.3) is 22.2 Å². The molecule has 0 unspecified atom stereocenters. The summed E-state index contributed by atoms with van der Waals surface area (Å²) in [6.45, 7) is 3.85. The zero-order chi connectivity index (χ0) is 21.3. The fraction of sp³-hybridized carbons (Fsp3) is 0.167. The van der Waals surface area contributed by atoms with Gasteiger partial charge in [-0.25, -0.2) is 4.39 Å². The van der Waals surface area contributed by atoms with Crippen molar-refractivity contribution in [3.8, 4) is 5.69 Å². The predicted octanol–water partition coefficient (Wildman–Crippen LogP) is 4.66. The molecule has 1 aliphatic rings. The average molecular weight is 402 g/mol. The third-order valence-corrected chi connectivity index (χ3v) is 5.29. The van der Waals surface area contributed by atoms with Crippen LogP contribution in [-0.4, -0.2) is 33.4 Å². The minimum absolute atomic E-state index is 0.00665. The van der Waals surface area contributed by atoms with Gasteiger partial charge in [-0.15, -0.1) is 0 Å². The highest BCUT2D eigenvalue weighted by Gasteiger charge is 2.22. The first-order valence-electron chi connectivity index (χ1n) is 9.79. The van der Waals surface area contributed by atoms with Gasteiger partial charge < -0.3 is 14.8 Å². The summed E-state index contributed by atoms with van der Waals surface area (Å²) in [5, 5.41) is 4.06. The van der Waals surface area contributed by atoms with Crippen molar-refractivity contribution in [2.24, 2.45) is 0 Å². The average Bonchev–Trinajstić information content (AvgIpc) is 2.92. The zero-order valence-electron chi connectivity index (χ0n) is 17.1. The summed E-state index contributed by atoms with van der Waals surface area (Å²) in [7, 11) is 1.73. The molecule has 0 saturated carbocycles. The fourth-order valence-electron chi connectivity index (χ4n) is 3.45. The maximum absolute atomic E-state index is 14.1. The van der Waals surface area contributed by atoms with Gasteiger partial charge in [-0.3, -0.25) is 9.78 Å². The van der Waals surface area contributed by atoms with Crippen LogP contribution in [0, 0.1) is 5.82 Å². The first-order chi connectivity index (χ1) is 14.5. The Bertz CT molecular complexity index is 1200. The number of rotatable bonds is 4. The molecule has 1 aromatic carbocycles. The Balaban J connectivity index is 1.94. The first-order valence-corrected chi connectivity index (χ1v) is 9.79. The molecule has 0 bridgehead atoms. The van der Waals surface area contributed by atoms with Gasteiger partial charge in [0.05, 0.1) is 23.0 Å². The number of amides is 1. The summed E-state index contributed by atoms with van der Waals surface area (Å²) >= 11 is 0. The topological polar surface area (TPSA) is 50.2 Å². The highest BCUT2D eigenvalue weighted by atomic mass is 19.1. The van der Waals surface area contributed by atoms with Gasteiger partial charge in [0.15, 0.2) is 0 Å². The molecule has 1 amide bonds. The Morgan fingerprint density at radius 3 is 2.87 bits per heavy atom. The number of nitrogens with zero attached hydrogens (tertiary/aromatic N) is 3. The van der Waals surface area contributed by atoms with Crippen LogP contribution in [0.15, 0.2) is 73.5 Å². The quantitative estimate of drug-likeness (QED) is 0.691. The highest BCUT2D eigenvalue weighted by Crippen LogP contribution is 2.32. The maximum Gasteiger partial charge on any atom is 0.256 e. The second-order valence-corrected chi connectivity index (χ2v) is 7.46. The monoisotopic (exact) mass is 402 g/mol. The van der Waals surface area contributed by atoms with Crippen molar-refractivity contribution >= 4 is 22.4 Å². The minimum Gasteiger partial charge on any atom is -0.368 e. The van der Waals surface area contributed by atoms with Gasteiger partial charge in [0.2, 0.25) is 0 Å². The van der Waals surface area contributed by atoms with E-state index in [1.807, 2.05) is 61.3 Å². The lowest BCUT2D eigenvalue weighted by Gasteiger charge is -2.23. The van der Waals surface area contributed by atoms with Crippen molar-refractivity contribution in [2.45, 2.75) is 19.9 Å². The molecule has 1 N–H and O–H groups in total. The van der Waals surface area contributed by atoms with E-state index in [0.29, 0.717) is 11.3 Å². The minimum atomic E-state index is -0.445. The molecule has 3 heterocycles. The molecule has 4 rings (SSSR count). The third-order valence-electron chi connectivity index (χ3n) is 5.29. The summed E-state index contributed by atoms with van der Waals surface area (Å²) in [6.07, 6.45) is 15.1. The summed E-state index contributed by atoms with van der Waals surface area (Å²) in [5.74, 6) is -0.674. The van der Waals surface area contributed by atoms with Crippen LogP contribution in [0.1, 0.15) is 29.8 Å². The van der Waals surface area contributed by atoms with E-state index in [0.717, 1.165) is 22.0 Å². The Kier molecular flexibility index (Phi) is 5.23. The van der Waals surface area contributed by atoms with Gasteiger partial charge in [0, 0.05) is 48.8 Å². The van der Waals surface area contributed by atoms with E-state index in [4.69, 9.17) is 0 Å². The van der Waals surface area contributed by atoms with Gasteiger partial charge >= 0.3 is 0 Å². The largest absolute Gasteiger partial charge is 0.368 e. The molecule has 0 atom stereocenters. The van der Waals surface area contributed by atoms with Crippen molar-refractivity contribution in [3.05, 3.63) is 90.4 Å². The van der Waals surface area contributed by atoms with E-state index in [-0.39, 0.29) is 11.9 Å². The number of hydrogen-bond acceptors (Lipinski definition) is 3. The molecule has 0 aliphatic carbocycles. The summed E-state index contributed by atoms with van der Waals surface area (Å²) in [6, 6.07) is 6.26. The van der Waals surface area contributed by atoms with E-state index in [2.05, 4.69) is 10.3 Å². The molecular formula is C24H23FN4O. The normalized spacial score (nSPS) is 13.3. The first kappa shape index (κ1) is 19.6. The van der Waals surface area contributed by atoms with E-state index in [9.17, 15) is 9.18 Å². The number of aromatic nitrogens is 2. The molecule has 5 nitrogen and oxygen atoms in total. The Morgan fingerprint density at radius 2 is 2.07 bits per heavy atom. The Morgan fingerprint density at radius 1 is 1.23 bits per heavy atom. The molecule has 2 aromatic heterocycles. The van der Waals surface area contributed by atoms with E-state index >= 15 is 0 Å². The van der Waals surface area contributed by atoms with Gasteiger partial charge in [0.1, 0.15) is 5.82 Å². The standard InChI is InChI=1S/C24H23FN4O/c1-16(2)28(3)24(30)20-13-18(25)6-7-22(20)29-15-21(17-5-4-10-26-11-8-17)19-9-12-27-14-23(19)29/h4-16,26H,1-3H3. The van der Waals surface area contributed by atoms with Crippen LogP contribution in [0.5, 0.6) is 0 Å². The number of allylic oxidation sites excluding steroid dienone is 4. The molecule has 0 spiro atoms. The molecule has 1 aliphatic heterocycles. The van der Waals surface area contributed by atoms with Crippen LogP contribution in [-0.2, 0) is 0 Å².